The zero-order valence-corrected chi connectivity index (χ0v) is 23.1. The molecule has 2 heterocycles. The number of piperazine rings is 1. The van der Waals surface area contributed by atoms with Crippen LogP contribution in [-0.2, 0) is 19.6 Å². The van der Waals surface area contributed by atoms with Crippen LogP contribution in [0, 0.1) is 30.2 Å². The second-order valence-electron chi connectivity index (χ2n) is 10.4. The van der Waals surface area contributed by atoms with Gasteiger partial charge in [0, 0.05) is 61.7 Å². The second-order valence-corrected chi connectivity index (χ2v) is 10.4. The van der Waals surface area contributed by atoms with Crippen molar-refractivity contribution in [1.29, 1.82) is 0 Å². The molecule has 0 unspecified atom stereocenters. The monoisotopic (exact) mass is 581 g/mol. The summed E-state index contributed by atoms with van der Waals surface area (Å²) in [5.74, 6) is -2.88. The predicted molar refractivity (Wildman–Crippen MR) is 152 cm³/mol. The highest BCUT2D eigenvalue weighted by molar-refractivity contribution is 5.50. The molecule has 1 atom stereocenters. The molecule has 0 aliphatic carbocycles. The Balaban J connectivity index is 1.49. The smallest absolute Gasteiger partial charge is 0.331 e. The molecule has 1 fully saturated rings. The Morgan fingerprint density at radius 3 is 2.10 bits per heavy atom. The summed E-state index contributed by atoms with van der Waals surface area (Å²) in [7, 11) is 0. The Morgan fingerprint density at radius 2 is 1.45 bits per heavy atom. The van der Waals surface area contributed by atoms with Crippen LogP contribution in [0.3, 0.4) is 0 Å². The molecule has 4 aromatic rings. The lowest BCUT2D eigenvalue weighted by Crippen LogP contribution is -2.51. The van der Waals surface area contributed by atoms with Gasteiger partial charge in [0.05, 0.1) is 13.1 Å². The van der Waals surface area contributed by atoms with Crippen LogP contribution in [0.4, 0.5) is 23.2 Å². The second kappa shape index (κ2) is 12.3. The molecule has 220 valence electrons. The van der Waals surface area contributed by atoms with E-state index >= 15 is 0 Å². The minimum absolute atomic E-state index is 0.140. The van der Waals surface area contributed by atoms with E-state index in [9.17, 15) is 27.2 Å². The largest absolute Gasteiger partial charge is 0.363 e. The van der Waals surface area contributed by atoms with Gasteiger partial charge in [-0.2, -0.15) is 0 Å². The minimum Gasteiger partial charge on any atom is -0.363 e. The summed E-state index contributed by atoms with van der Waals surface area (Å²) in [5.41, 5.74) is 6.42. The van der Waals surface area contributed by atoms with Crippen LogP contribution in [0.1, 0.15) is 28.4 Å². The summed E-state index contributed by atoms with van der Waals surface area (Å²) in [4.78, 5) is 31.4. The van der Waals surface area contributed by atoms with Gasteiger partial charge in [0.1, 0.15) is 29.0 Å². The van der Waals surface area contributed by atoms with Crippen molar-refractivity contribution in [3.8, 4) is 0 Å². The summed E-state index contributed by atoms with van der Waals surface area (Å²) in [6.07, 6.45) is 0. The Morgan fingerprint density at radius 1 is 0.786 bits per heavy atom. The highest BCUT2D eigenvalue weighted by atomic mass is 19.1. The molecule has 42 heavy (non-hydrogen) atoms. The SMILES string of the molecule is Cc1c(N2CCN(Cc3ccc(F)cc3F)CC2)c(=O)n(C[C@@H](N)c2ccccc2)c(=O)n1Cc1c(F)cccc1F. The van der Waals surface area contributed by atoms with Crippen molar-refractivity contribution in [2.24, 2.45) is 5.73 Å². The van der Waals surface area contributed by atoms with Gasteiger partial charge in [0.15, 0.2) is 0 Å². The molecule has 2 N–H and O–H groups in total. The van der Waals surface area contributed by atoms with Gasteiger partial charge >= 0.3 is 5.69 Å². The molecule has 0 bridgehead atoms. The van der Waals surface area contributed by atoms with Gasteiger partial charge in [-0.3, -0.25) is 18.8 Å². The first-order valence-electron chi connectivity index (χ1n) is 13.6. The van der Waals surface area contributed by atoms with Crippen molar-refractivity contribution in [3.05, 3.63) is 133 Å². The summed E-state index contributed by atoms with van der Waals surface area (Å²) in [6.45, 7) is 2.95. The van der Waals surface area contributed by atoms with E-state index in [1.165, 1.54) is 22.8 Å². The number of benzene rings is 3. The number of halogens is 4. The highest BCUT2D eigenvalue weighted by Crippen LogP contribution is 2.21. The summed E-state index contributed by atoms with van der Waals surface area (Å²) < 4.78 is 59.0. The van der Waals surface area contributed by atoms with Gasteiger partial charge in [-0.25, -0.2) is 22.4 Å². The molecule has 0 radical (unpaired) electrons. The van der Waals surface area contributed by atoms with Gasteiger partial charge in [0.25, 0.3) is 5.56 Å². The van der Waals surface area contributed by atoms with Crippen LogP contribution in [0.2, 0.25) is 0 Å². The van der Waals surface area contributed by atoms with Crippen LogP contribution in [0.25, 0.3) is 0 Å². The zero-order valence-electron chi connectivity index (χ0n) is 23.1. The third-order valence-corrected chi connectivity index (χ3v) is 7.74. The highest BCUT2D eigenvalue weighted by Gasteiger charge is 2.27. The van der Waals surface area contributed by atoms with E-state index in [-0.39, 0.29) is 30.0 Å². The third-order valence-electron chi connectivity index (χ3n) is 7.74. The molecule has 5 rings (SSSR count). The fourth-order valence-corrected chi connectivity index (χ4v) is 5.36. The molecule has 7 nitrogen and oxygen atoms in total. The molecular weight excluding hydrogens is 550 g/mol. The van der Waals surface area contributed by atoms with Crippen LogP contribution < -0.4 is 21.9 Å². The fraction of sp³-hybridized carbons (Fsp3) is 0.290. The van der Waals surface area contributed by atoms with Crippen molar-refractivity contribution < 1.29 is 17.6 Å². The number of nitrogens with zero attached hydrogens (tertiary/aromatic N) is 4. The molecular formula is C31H31F4N5O2. The normalized spacial score (nSPS) is 14.8. The van der Waals surface area contributed by atoms with Gasteiger partial charge in [-0.05, 0) is 30.7 Å². The standard InChI is InChI=1S/C31H31F4N5O2/c1-20-29(38-14-12-37(13-15-38)17-22-10-11-23(32)16-27(22)35)30(41)40(19-28(36)21-6-3-2-4-7-21)31(42)39(20)18-24-25(33)8-5-9-26(24)34/h2-11,16,28H,12-15,17-19,36H2,1H3/t28-/m1/s1. The van der Waals surface area contributed by atoms with Gasteiger partial charge in [-0.1, -0.05) is 42.5 Å². The quantitative estimate of drug-likeness (QED) is 0.319. The Kier molecular flexibility index (Phi) is 8.60. The van der Waals surface area contributed by atoms with Crippen molar-refractivity contribution >= 4 is 5.69 Å². The summed E-state index contributed by atoms with van der Waals surface area (Å²) in [5, 5.41) is 0. The third kappa shape index (κ3) is 6.02. The van der Waals surface area contributed by atoms with Crippen molar-refractivity contribution in [2.75, 3.05) is 31.1 Å². The zero-order chi connectivity index (χ0) is 30.0. The van der Waals surface area contributed by atoms with E-state index in [0.29, 0.717) is 31.7 Å². The van der Waals surface area contributed by atoms with Gasteiger partial charge < -0.3 is 10.6 Å². The maximum absolute atomic E-state index is 14.6. The first kappa shape index (κ1) is 29.3. The molecule has 0 spiro atoms. The van der Waals surface area contributed by atoms with Crippen molar-refractivity contribution in [2.45, 2.75) is 32.6 Å². The van der Waals surface area contributed by atoms with E-state index < -0.39 is 47.1 Å². The molecule has 0 saturated carbocycles. The fourth-order valence-electron chi connectivity index (χ4n) is 5.36. The topological polar surface area (TPSA) is 76.5 Å². The lowest BCUT2D eigenvalue weighted by atomic mass is 10.1. The Bertz CT molecular complexity index is 1680. The first-order chi connectivity index (χ1) is 20.1. The van der Waals surface area contributed by atoms with Crippen LogP contribution in [-0.4, -0.2) is 40.2 Å². The predicted octanol–water partition coefficient (Wildman–Crippen LogP) is 3.95. The molecule has 1 aliphatic rings. The Labute approximate surface area is 240 Å². The maximum Gasteiger partial charge on any atom is 0.331 e. The summed E-state index contributed by atoms with van der Waals surface area (Å²) >= 11 is 0. The lowest BCUT2D eigenvalue weighted by Gasteiger charge is -2.37. The van der Waals surface area contributed by atoms with Crippen molar-refractivity contribution in [3.63, 3.8) is 0 Å². The molecule has 3 aromatic carbocycles. The average Bonchev–Trinajstić information content (AvgIpc) is 2.97. The molecule has 1 aromatic heterocycles. The minimum atomic E-state index is -0.803. The molecule has 1 saturated heterocycles. The number of rotatable bonds is 8. The molecule has 1 aliphatic heterocycles. The van der Waals surface area contributed by atoms with Crippen LogP contribution >= 0.6 is 0 Å². The lowest BCUT2D eigenvalue weighted by molar-refractivity contribution is 0.246. The van der Waals surface area contributed by atoms with Crippen molar-refractivity contribution in [1.82, 2.24) is 14.0 Å². The molecule has 11 heteroatoms. The molecule has 0 amide bonds. The van der Waals surface area contributed by atoms with E-state index in [0.717, 1.165) is 28.3 Å². The van der Waals surface area contributed by atoms with E-state index in [2.05, 4.69) is 0 Å². The van der Waals surface area contributed by atoms with Crippen LogP contribution in [0.5, 0.6) is 0 Å². The number of hydrogen-bond donors (Lipinski definition) is 1. The van der Waals surface area contributed by atoms with Gasteiger partial charge in [-0.15, -0.1) is 0 Å². The number of aromatic nitrogens is 2. The number of hydrogen-bond acceptors (Lipinski definition) is 5. The van der Waals surface area contributed by atoms with E-state index in [4.69, 9.17) is 5.73 Å². The number of anilines is 1. The van der Waals surface area contributed by atoms with Gasteiger partial charge in [0.2, 0.25) is 0 Å². The summed E-state index contributed by atoms with van der Waals surface area (Å²) in [6, 6.07) is 15.3. The Hall–Kier alpha value is -4.22. The average molecular weight is 582 g/mol. The first-order valence-corrected chi connectivity index (χ1v) is 13.6. The van der Waals surface area contributed by atoms with Crippen LogP contribution in [0.15, 0.2) is 76.3 Å². The van der Waals surface area contributed by atoms with E-state index in [1.807, 2.05) is 15.9 Å². The van der Waals surface area contributed by atoms with E-state index in [1.54, 1.807) is 31.2 Å². The maximum atomic E-state index is 14.6. The number of nitrogens with two attached hydrogens (primary N) is 1.